The summed E-state index contributed by atoms with van der Waals surface area (Å²) in [5.74, 6) is 1.14. The fourth-order valence-electron chi connectivity index (χ4n) is 4.07. The van der Waals surface area contributed by atoms with Gasteiger partial charge in [-0.1, -0.05) is 26.7 Å². The van der Waals surface area contributed by atoms with Crippen LogP contribution in [-0.2, 0) is 4.79 Å². The Morgan fingerprint density at radius 3 is 2.33 bits per heavy atom. The van der Waals surface area contributed by atoms with Gasteiger partial charge >= 0.3 is 0 Å². The van der Waals surface area contributed by atoms with Crippen LogP contribution >= 0.6 is 0 Å². The molecule has 2 fully saturated rings. The molecule has 0 aromatic rings. The van der Waals surface area contributed by atoms with E-state index in [0.717, 1.165) is 38.1 Å². The van der Waals surface area contributed by atoms with Gasteiger partial charge in [0.2, 0.25) is 5.91 Å². The van der Waals surface area contributed by atoms with Crippen molar-refractivity contribution in [2.75, 3.05) is 13.1 Å². The molecule has 1 heterocycles. The number of hydrogen-bond donors (Lipinski definition) is 1. The number of nitrogens with two attached hydrogens (primary N) is 1. The number of nitrogens with zero attached hydrogens (tertiary/aromatic N) is 1. The van der Waals surface area contributed by atoms with Gasteiger partial charge in [0.25, 0.3) is 0 Å². The highest BCUT2D eigenvalue weighted by molar-refractivity contribution is 5.83. The number of fused-ring (bicyclic) bond motifs is 2. The smallest absolute Gasteiger partial charge is 0.230 e. The lowest BCUT2D eigenvalue weighted by Gasteiger charge is -2.38. The van der Waals surface area contributed by atoms with Crippen molar-refractivity contribution in [3.63, 3.8) is 0 Å². The first-order chi connectivity index (χ1) is 8.66. The molecule has 2 N–H and O–H groups in total. The highest BCUT2D eigenvalue weighted by atomic mass is 16.2. The van der Waals surface area contributed by atoms with Crippen molar-refractivity contribution < 1.29 is 4.79 Å². The molecule has 3 heteroatoms. The Labute approximate surface area is 111 Å². The van der Waals surface area contributed by atoms with E-state index in [1.54, 1.807) is 0 Å². The average Bonchev–Trinajstić information content (AvgIpc) is 2.99. The zero-order valence-corrected chi connectivity index (χ0v) is 12.0. The maximum atomic E-state index is 12.9. The summed E-state index contributed by atoms with van der Waals surface area (Å²) < 4.78 is 0. The van der Waals surface area contributed by atoms with Crippen LogP contribution in [0.4, 0.5) is 0 Å². The monoisotopic (exact) mass is 252 g/mol. The summed E-state index contributed by atoms with van der Waals surface area (Å²) in [5.41, 5.74) is 5.73. The third-order valence-corrected chi connectivity index (χ3v) is 4.97. The minimum absolute atomic E-state index is 0.270. The molecule has 0 aromatic carbocycles. The second-order valence-electron chi connectivity index (χ2n) is 6.27. The molecule has 1 aliphatic heterocycles. The van der Waals surface area contributed by atoms with Crippen LogP contribution in [0.1, 0.15) is 58.8 Å². The second kappa shape index (κ2) is 5.60. The largest absolute Gasteiger partial charge is 0.339 e. The van der Waals surface area contributed by atoms with E-state index in [1.165, 1.54) is 19.3 Å². The number of piperidine rings is 1. The lowest BCUT2D eigenvalue weighted by Crippen LogP contribution is -2.50. The minimum Gasteiger partial charge on any atom is -0.339 e. The predicted octanol–water partition coefficient (Wildman–Crippen LogP) is 2.54. The standard InChI is InChI=1S/C15H28N2O/c1-3-7-15(11-16,8-4-2)14(18)17-10-12-5-6-13(17)9-12/h12-13H,3-11,16H2,1-2H3. The molecule has 2 aliphatic rings. The highest BCUT2D eigenvalue weighted by Gasteiger charge is 2.46. The van der Waals surface area contributed by atoms with Gasteiger partial charge in [0, 0.05) is 19.1 Å². The third kappa shape index (κ3) is 2.29. The lowest BCUT2D eigenvalue weighted by molar-refractivity contribution is -0.144. The fourth-order valence-corrected chi connectivity index (χ4v) is 4.07. The zero-order valence-electron chi connectivity index (χ0n) is 12.0. The van der Waals surface area contributed by atoms with Crippen LogP contribution in [0, 0.1) is 11.3 Å². The Morgan fingerprint density at radius 1 is 1.28 bits per heavy atom. The first kappa shape index (κ1) is 13.9. The number of carbonyl (C=O) groups excluding carboxylic acids is 1. The summed E-state index contributed by atoms with van der Waals surface area (Å²) >= 11 is 0. The van der Waals surface area contributed by atoms with E-state index in [0.29, 0.717) is 18.5 Å². The van der Waals surface area contributed by atoms with E-state index >= 15 is 0 Å². The predicted molar refractivity (Wildman–Crippen MR) is 74.1 cm³/mol. The van der Waals surface area contributed by atoms with E-state index < -0.39 is 0 Å². The molecule has 2 atom stereocenters. The average molecular weight is 252 g/mol. The summed E-state index contributed by atoms with van der Waals surface area (Å²) in [6, 6.07) is 0.530. The van der Waals surface area contributed by atoms with Crippen molar-refractivity contribution in [2.45, 2.75) is 64.8 Å². The van der Waals surface area contributed by atoms with Crippen LogP contribution in [0.2, 0.25) is 0 Å². The summed E-state index contributed by atoms with van der Waals surface area (Å²) in [5, 5.41) is 0. The van der Waals surface area contributed by atoms with Crippen molar-refractivity contribution in [1.29, 1.82) is 0 Å². The van der Waals surface area contributed by atoms with E-state index in [1.807, 2.05) is 0 Å². The Hall–Kier alpha value is -0.570. The van der Waals surface area contributed by atoms with Gasteiger partial charge in [-0.3, -0.25) is 4.79 Å². The van der Waals surface area contributed by atoms with Crippen molar-refractivity contribution >= 4 is 5.91 Å². The van der Waals surface area contributed by atoms with Crippen LogP contribution < -0.4 is 5.73 Å². The van der Waals surface area contributed by atoms with Crippen molar-refractivity contribution in [3.05, 3.63) is 0 Å². The van der Waals surface area contributed by atoms with Gasteiger partial charge in [-0.25, -0.2) is 0 Å². The maximum Gasteiger partial charge on any atom is 0.230 e. The Bertz CT molecular complexity index is 297. The summed E-state index contributed by atoms with van der Waals surface area (Å²) in [7, 11) is 0. The first-order valence-corrected chi connectivity index (χ1v) is 7.68. The molecular weight excluding hydrogens is 224 g/mol. The second-order valence-corrected chi connectivity index (χ2v) is 6.27. The Kier molecular flexibility index (Phi) is 4.31. The van der Waals surface area contributed by atoms with E-state index in [-0.39, 0.29) is 5.41 Å². The van der Waals surface area contributed by atoms with Crippen LogP contribution in [0.25, 0.3) is 0 Å². The number of hydrogen-bond acceptors (Lipinski definition) is 2. The van der Waals surface area contributed by atoms with Gasteiger partial charge in [-0.2, -0.15) is 0 Å². The van der Waals surface area contributed by atoms with Gasteiger partial charge < -0.3 is 10.6 Å². The molecule has 1 saturated heterocycles. The summed E-state index contributed by atoms with van der Waals surface area (Å²) in [6.07, 6.45) is 7.77. The first-order valence-electron chi connectivity index (χ1n) is 7.68. The molecule has 104 valence electrons. The molecule has 0 radical (unpaired) electrons. The third-order valence-electron chi connectivity index (χ3n) is 4.97. The fraction of sp³-hybridized carbons (Fsp3) is 0.933. The molecule has 1 aliphatic carbocycles. The Balaban J connectivity index is 2.12. The van der Waals surface area contributed by atoms with Gasteiger partial charge in [0.05, 0.1) is 5.41 Å². The molecular formula is C15H28N2O. The highest BCUT2D eigenvalue weighted by Crippen LogP contribution is 2.41. The Morgan fingerprint density at radius 2 is 1.94 bits per heavy atom. The van der Waals surface area contributed by atoms with Crippen LogP contribution in [0.3, 0.4) is 0 Å². The van der Waals surface area contributed by atoms with Gasteiger partial charge in [0.1, 0.15) is 0 Å². The molecule has 2 rings (SSSR count). The van der Waals surface area contributed by atoms with Crippen LogP contribution in [-0.4, -0.2) is 29.9 Å². The molecule has 2 unspecified atom stereocenters. The normalized spacial score (nSPS) is 26.9. The van der Waals surface area contributed by atoms with E-state index in [9.17, 15) is 4.79 Å². The van der Waals surface area contributed by atoms with Crippen molar-refractivity contribution in [2.24, 2.45) is 17.1 Å². The molecule has 1 saturated carbocycles. The molecule has 2 bridgehead atoms. The summed E-state index contributed by atoms with van der Waals surface area (Å²) in [6.45, 7) is 5.83. The molecule has 1 amide bonds. The number of likely N-dealkylation sites (tertiary alicyclic amines) is 1. The van der Waals surface area contributed by atoms with Crippen molar-refractivity contribution in [3.8, 4) is 0 Å². The molecule has 0 aromatic heterocycles. The maximum absolute atomic E-state index is 12.9. The van der Waals surface area contributed by atoms with Gasteiger partial charge in [0.15, 0.2) is 0 Å². The number of amides is 1. The lowest BCUT2D eigenvalue weighted by atomic mass is 9.77. The number of rotatable bonds is 6. The SMILES string of the molecule is CCCC(CN)(CCC)C(=O)N1CC2CCC1C2. The quantitative estimate of drug-likeness (QED) is 0.789. The zero-order chi connectivity index (χ0) is 13.2. The van der Waals surface area contributed by atoms with E-state index in [2.05, 4.69) is 18.7 Å². The number of carbonyl (C=O) groups is 1. The van der Waals surface area contributed by atoms with Gasteiger partial charge in [-0.15, -0.1) is 0 Å². The summed E-state index contributed by atoms with van der Waals surface area (Å²) in [4.78, 5) is 15.1. The van der Waals surface area contributed by atoms with Crippen molar-refractivity contribution in [1.82, 2.24) is 4.90 Å². The molecule has 3 nitrogen and oxygen atoms in total. The van der Waals surface area contributed by atoms with E-state index in [4.69, 9.17) is 5.73 Å². The minimum atomic E-state index is -0.270. The van der Waals surface area contributed by atoms with Gasteiger partial charge in [-0.05, 0) is 38.0 Å². The topological polar surface area (TPSA) is 46.3 Å². The molecule has 0 spiro atoms. The van der Waals surface area contributed by atoms with Crippen LogP contribution in [0.5, 0.6) is 0 Å². The molecule has 18 heavy (non-hydrogen) atoms. The van der Waals surface area contributed by atoms with Crippen LogP contribution in [0.15, 0.2) is 0 Å².